The molecule has 5 nitrogen and oxygen atoms in total. The van der Waals surface area contributed by atoms with Gasteiger partial charge >= 0.3 is 5.97 Å². The molecule has 0 aliphatic rings. The second-order valence-electron chi connectivity index (χ2n) is 4.08. The fraction of sp³-hybridized carbons (Fsp3) is 0. The number of carboxylic acids is 1. The summed E-state index contributed by atoms with van der Waals surface area (Å²) in [6.45, 7) is 0. The predicted octanol–water partition coefficient (Wildman–Crippen LogP) is 2.95. The first-order chi connectivity index (χ1) is 9.74. The second-order valence-corrected chi connectivity index (χ2v) is 4.69. The highest BCUT2D eigenvalue weighted by Crippen LogP contribution is 2.19. The average molecular weight is 283 g/mol. The molecule has 0 atom stereocenters. The van der Waals surface area contributed by atoms with Gasteiger partial charge in [0.2, 0.25) is 0 Å². The average Bonchev–Trinajstić information content (AvgIpc) is 2.97. The van der Waals surface area contributed by atoms with Crippen LogP contribution in [0.15, 0.2) is 35.7 Å². The summed E-state index contributed by atoms with van der Waals surface area (Å²) in [5, 5.41) is 15.6. The standard InChI is InChI=1S/C14H9N3O2S/c18-14(19)12-7-9(5-6-10-8-20-17-16-10)15-13-4-2-1-3-11(12)13/h1-8H,(H,18,19)/b6-5-. The fourth-order valence-corrected chi connectivity index (χ4v) is 2.30. The lowest BCUT2D eigenvalue weighted by atomic mass is 10.1. The van der Waals surface area contributed by atoms with Gasteiger partial charge in [0.25, 0.3) is 0 Å². The third-order valence-electron chi connectivity index (χ3n) is 2.77. The highest BCUT2D eigenvalue weighted by Gasteiger charge is 2.10. The minimum atomic E-state index is -0.964. The molecule has 0 bridgehead atoms. The van der Waals surface area contributed by atoms with Crippen LogP contribution >= 0.6 is 11.5 Å². The van der Waals surface area contributed by atoms with Crippen molar-refractivity contribution < 1.29 is 9.90 Å². The van der Waals surface area contributed by atoms with Gasteiger partial charge in [0, 0.05) is 10.8 Å². The van der Waals surface area contributed by atoms with Crippen LogP contribution < -0.4 is 0 Å². The number of aromatic nitrogens is 3. The number of para-hydroxylation sites is 1. The molecule has 6 heteroatoms. The zero-order valence-corrected chi connectivity index (χ0v) is 11.0. The third-order valence-corrected chi connectivity index (χ3v) is 3.29. The molecule has 0 aliphatic carbocycles. The van der Waals surface area contributed by atoms with Crippen LogP contribution in [0.2, 0.25) is 0 Å². The molecule has 0 amide bonds. The number of nitrogens with zero attached hydrogens (tertiary/aromatic N) is 3. The van der Waals surface area contributed by atoms with Crippen LogP contribution in [0.4, 0.5) is 0 Å². The summed E-state index contributed by atoms with van der Waals surface area (Å²) in [5.74, 6) is -0.964. The summed E-state index contributed by atoms with van der Waals surface area (Å²) in [7, 11) is 0. The van der Waals surface area contributed by atoms with Crippen molar-refractivity contribution in [2.24, 2.45) is 0 Å². The Bertz CT molecular complexity index is 797. The Labute approximate surface area is 118 Å². The summed E-state index contributed by atoms with van der Waals surface area (Å²) in [6.07, 6.45) is 3.49. The predicted molar refractivity (Wildman–Crippen MR) is 77.5 cm³/mol. The number of carboxylic acid groups (broad SMARTS) is 1. The fourth-order valence-electron chi connectivity index (χ4n) is 1.87. The molecule has 0 fully saturated rings. The monoisotopic (exact) mass is 283 g/mol. The number of hydrogen-bond acceptors (Lipinski definition) is 5. The molecule has 2 aromatic heterocycles. The van der Waals surface area contributed by atoms with E-state index in [4.69, 9.17) is 0 Å². The number of benzene rings is 1. The van der Waals surface area contributed by atoms with Gasteiger partial charge in [-0.1, -0.05) is 22.7 Å². The maximum Gasteiger partial charge on any atom is 0.336 e. The van der Waals surface area contributed by atoms with E-state index in [1.165, 1.54) is 11.5 Å². The summed E-state index contributed by atoms with van der Waals surface area (Å²) in [6, 6.07) is 8.74. The van der Waals surface area contributed by atoms with Crippen LogP contribution in [-0.4, -0.2) is 25.6 Å². The molecular formula is C14H9N3O2S. The number of carbonyl (C=O) groups is 1. The van der Waals surface area contributed by atoms with Crippen LogP contribution in [-0.2, 0) is 0 Å². The first-order valence-electron chi connectivity index (χ1n) is 5.82. The van der Waals surface area contributed by atoms with Crippen molar-refractivity contribution >= 4 is 40.6 Å². The van der Waals surface area contributed by atoms with Gasteiger partial charge in [0.05, 0.1) is 22.5 Å². The van der Waals surface area contributed by atoms with Gasteiger partial charge in [-0.15, -0.1) is 5.10 Å². The first-order valence-corrected chi connectivity index (χ1v) is 6.66. The zero-order chi connectivity index (χ0) is 13.9. The quantitative estimate of drug-likeness (QED) is 0.799. The highest BCUT2D eigenvalue weighted by atomic mass is 32.1. The van der Waals surface area contributed by atoms with Crippen molar-refractivity contribution in [3.63, 3.8) is 0 Å². The van der Waals surface area contributed by atoms with Gasteiger partial charge in [-0.2, -0.15) is 0 Å². The number of fused-ring (bicyclic) bond motifs is 1. The molecule has 0 saturated carbocycles. The molecular weight excluding hydrogens is 274 g/mol. The van der Waals surface area contributed by atoms with E-state index in [0.717, 1.165) is 5.69 Å². The van der Waals surface area contributed by atoms with Crippen LogP contribution in [0.5, 0.6) is 0 Å². The van der Waals surface area contributed by atoms with Gasteiger partial charge in [0.1, 0.15) is 0 Å². The summed E-state index contributed by atoms with van der Waals surface area (Å²) < 4.78 is 3.76. The summed E-state index contributed by atoms with van der Waals surface area (Å²) in [5.41, 5.74) is 2.20. The van der Waals surface area contributed by atoms with E-state index in [1.807, 2.05) is 6.07 Å². The normalized spacial score (nSPS) is 11.2. The lowest BCUT2D eigenvalue weighted by molar-refractivity contribution is 0.0699. The Morgan fingerprint density at radius 2 is 2.00 bits per heavy atom. The van der Waals surface area contributed by atoms with Gasteiger partial charge < -0.3 is 5.11 Å². The molecule has 3 aromatic rings. The molecule has 2 heterocycles. The smallest absolute Gasteiger partial charge is 0.336 e. The molecule has 1 N–H and O–H groups in total. The molecule has 3 rings (SSSR count). The Morgan fingerprint density at radius 3 is 2.75 bits per heavy atom. The minimum Gasteiger partial charge on any atom is -0.478 e. The van der Waals surface area contributed by atoms with E-state index in [-0.39, 0.29) is 5.56 Å². The molecule has 0 radical (unpaired) electrons. The topological polar surface area (TPSA) is 76.0 Å². The SMILES string of the molecule is O=C(O)c1cc(/C=C\c2csnn2)nc2ccccc12. The molecule has 0 unspecified atom stereocenters. The van der Waals surface area contributed by atoms with Crippen molar-refractivity contribution in [2.75, 3.05) is 0 Å². The number of rotatable bonds is 3. The molecule has 20 heavy (non-hydrogen) atoms. The minimum absolute atomic E-state index is 0.242. The van der Waals surface area contributed by atoms with E-state index in [1.54, 1.807) is 41.8 Å². The lowest BCUT2D eigenvalue weighted by Gasteiger charge is -2.03. The molecule has 0 spiro atoms. The van der Waals surface area contributed by atoms with E-state index in [9.17, 15) is 9.90 Å². The van der Waals surface area contributed by atoms with Gasteiger partial charge in [0.15, 0.2) is 0 Å². The summed E-state index contributed by atoms with van der Waals surface area (Å²) >= 11 is 1.26. The van der Waals surface area contributed by atoms with Crippen molar-refractivity contribution in [1.82, 2.24) is 14.6 Å². The van der Waals surface area contributed by atoms with Gasteiger partial charge in [-0.3, -0.25) is 0 Å². The van der Waals surface area contributed by atoms with Crippen LogP contribution in [0.25, 0.3) is 23.1 Å². The van der Waals surface area contributed by atoms with Crippen molar-refractivity contribution in [3.8, 4) is 0 Å². The number of aromatic carboxylic acids is 1. The van der Waals surface area contributed by atoms with Crippen molar-refractivity contribution in [3.05, 3.63) is 52.7 Å². The lowest BCUT2D eigenvalue weighted by Crippen LogP contribution is -2.00. The zero-order valence-electron chi connectivity index (χ0n) is 10.2. The third kappa shape index (κ3) is 2.41. The van der Waals surface area contributed by atoms with Crippen molar-refractivity contribution in [2.45, 2.75) is 0 Å². The van der Waals surface area contributed by atoms with E-state index in [2.05, 4.69) is 14.6 Å². The maximum atomic E-state index is 11.3. The van der Waals surface area contributed by atoms with Crippen LogP contribution in [0, 0.1) is 0 Å². The Kier molecular flexibility index (Phi) is 3.22. The number of hydrogen-bond donors (Lipinski definition) is 1. The van der Waals surface area contributed by atoms with E-state index >= 15 is 0 Å². The molecule has 0 aliphatic heterocycles. The first kappa shape index (κ1) is 12.4. The van der Waals surface area contributed by atoms with Crippen LogP contribution in [0.3, 0.4) is 0 Å². The number of pyridine rings is 1. The van der Waals surface area contributed by atoms with E-state index < -0.39 is 5.97 Å². The van der Waals surface area contributed by atoms with E-state index in [0.29, 0.717) is 16.6 Å². The van der Waals surface area contributed by atoms with Gasteiger partial charge in [-0.25, -0.2) is 9.78 Å². The maximum absolute atomic E-state index is 11.3. The summed E-state index contributed by atoms with van der Waals surface area (Å²) in [4.78, 5) is 15.8. The van der Waals surface area contributed by atoms with Crippen LogP contribution in [0.1, 0.15) is 21.7 Å². The molecule has 98 valence electrons. The Hall–Kier alpha value is -2.60. The molecule has 1 aromatic carbocycles. The van der Waals surface area contributed by atoms with Crippen molar-refractivity contribution in [1.29, 1.82) is 0 Å². The second kappa shape index (κ2) is 5.18. The largest absolute Gasteiger partial charge is 0.478 e. The Balaban J connectivity index is 2.10. The highest BCUT2D eigenvalue weighted by molar-refractivity contribution is 7.03. The van der Waals surface area contributed by atoms with Gasteiger partial charge in [-0.05, 0) is 35.8 Å². The molecule has 0 saturated heterocycles. The Morgan fingerprint density at radius 1 is 1.20 bits per heavy atom.